The molecular formula is C49H33N. The van der Waals surface area contributed by atoms with E-state index in [-0.39, 0.29) is 5.41 Å². The first kappa shape index (κ1) is 27.7. The Bertz CT molecular complexity index is 3000. The van der Waals surface area contributed by atoms with Gasteiger partial charge in [-0.15, -0.1) is 0 Å². The number of hydrogen-bond acceptors (Lipinski definition) is 1. The first-order valence-electron chi connectivity index (χ1n) is 17.6. The average Bonchev–Trinajstić information content (AvgIpc) is 3.39. The van der Waals surface area contributed by atoms with Crippen molar-refractivity contribution in [2.45, 2.75) is 19.3 Å². The summed E-state index contributed by atoms with van der Waals surface area (Å²) in [4.78, 5) is 2.46. The Morgan fingerprint density at radius 3 is 1.54 bits per heavy atom. The molecule has 10 aromatic rings. The van der Waals surface area contributed by atoms with Crippen molar-refractivity contribution in [3.63, 3.8) is 0 Å². The minimum absolute atomic E-state index is 0.0904. The van der Waals surface area contributed by atoms with Crippen molar-refractivity contribution in [3.05, 3.63) is 175 Å². The molecule has 1 aliphatic rings. The van der Waals surface area contributed by atoms with E-state index in [0.717, 1.165) is 11.4 Å². The minimum Gasteiger partial charge on any atom is -0.310 e. The Kier molecular flexibility index (Phi) is 5.51. The molecule has 0 heterocycles. The monoisotopic (exact) mass is 635 g/mol. The molecule has 0 amide bonds. The van der Waals surface area contributed by atoms with Gasteiger partial charge in [0.1, 0.15) is 0 Å². The van der Waals surface area contributed by atoms with E-state index in [9.17, 15) is 0 Å². The van der Waals surface area contributed by atoms with Crippen molar-refractivity contribution in [1.82, 2.24) is 0 Å². The van der Waals surface area contributed by atoms with Gasteiger partial charge in [-0.05, 0) is 123 Å². The fourth-order valence-electron chi connectivity index (χ4n) is 9.25. The van der Waals surface area contributed by atoms with E-state index in [1.165, 1.54) is 92.6 Å². The zero-order chi connectivity index (χ0) is 33.1. The van der Waals surface area contributed by atoms with Gasteiger partial charge in [0.2, 0.25) is 0 Å². The van der Waals surface area contributed by atoms with Crippen LogP contribution < -0.4 is 4.90 Å². The van der Waals surface area contributed by atoms with Gasteiger partial charge in [-0.1, -0.05) is 141 Å². The molecule has 0 N–H and O–H groups in total. The van der Waals surface area contributed by atoms with Gasteiger partial charge in [-0.25, -0.2) is 0 Å². The third-order valence-corrected chi connectivity index (χ3v) is 11.5. The predicted octanol–water partition coefficient (Wildman–Crippen LogP) is 13.8. The fourth-order valence-corrected chi connectivity index (χ4v) is 9.25. The lowest BCUT2D eigenvalue weighted by Crippen LogP contribution is -2.16. The van der Waals surface area contributed by atoms with E-state index in [1.54, 1.807) is 0 Å². The maximum atomic E-state index is 2.46. The number of hydrogen-bond donors (Lipinski definition) is 0. The van der Waals surface area contributed by atoms with Crippen LogP contribution in [-0.4, -0.2) is 0 Å². The predicted molar refractivity (Wildman–Crippen MR) is 215 cm³/mol. The highest BCUT2D eigenvalue weighted by Gasteiger charge is 2.35. The maximum Gasteiger partial charge on any atom is 0.0474 e. The van der Waals surface area contributed by atoms with Crippen molar-refractivity contribution in [2.24, 2.45) is 0 Å². The average molecular weight is 636 g/mol. The third kappa shape index (κ3) is 3.67. The van der Waals surface area contributed by atoms with Crippen LogP contribution in [-0.2, 0) is 5.41 Å². The quantitative estimate of drug-likeness (QED) is 0.175. The topological polar surface area (TPSA) is 3.24 Å². The summed E-state index contributed by atoms with van der Waals surface area (Å²) in [6.07, 6.45) is 0. The summed E-state index contributed by atoms with van der Waals surface area (Å²) in [5, 5.41) is 15.5. The molecule has 0 saturated heterocycles. The molecule has 0 saturated carbocycles. The molecular weight excluding hydrogens is 603 g/mol. The molecule has 10 aromatic carbocycles. The Balaban J connectivity index is 1.29. The van der Waals surface area contributed by atoms with Gasteiger partial charge >= 0.3 is 0 Å². The lowest BCUT2D eigenvalue weighted by atomic mass is 9.82. The summed E-state index contributed by atoms with van der Waals surface area (Å²) in [7, 11) is 0. The molecule has 11 rings (SSSR count). The fraction of sp³-hybridized carbons (Fsp3) is 0.0612. The summed E-state index contributed by atoms with van der Waals surface area (Å²) in [5.74, 6) is 0. The number of benzene rings is 9. The van der Waals surface area contributed by atoms with Crippen LogP contribution in [0.1, 0.15) is 25.0 Å². The molecule has 0 atom stereocenters. The first-order valence-corrected chi connectivity index (χ1v) is 17.6. The molecule has 0 bridgehead atoms. The first-order chi connectivity index (χ1) is 24.6. The molecule has 0 fully saturated rings. The lowest BCUT2D eigenvalue weighted by molar-refractivity contribution is 0.660. The smallest absolute Gasteiger partial charge is 0.0474 e. The van der Waals surface area contributed by atoms with Gasteiger partial charge in [0.25, 0.3) is 0 Å². The van der Waals surface area contributed by atoms with E-state index in [0.29, 0.717) is 0 Å². The van der Waals surface area contributed by atoms with Crippen LogP contribution >= 0.6 is 0 Å². The SMILES string of the molecule is CC1(C)c2ccccc2-c2ccc(N(c3ccccc3)c3cc4ccc5cccc6c7cccc8ccc9cccc(c(c3)c4c56)c9c87)cc21. The number of nitrogens with zero attached hydrogens (tertiary/aromatic N) is 1. The Labute approximate surface area is 291 Å². The second kappa shape index (κ2) is 9.94. The third-order valence-electron chi connectivity index (χ3n) is 11.5. The van der Waals surface area contributed by atoms with Crippen LogP contribution in [0.3, 0.4) is 0 Å². The largest absolute Gasteiger partial charge is 0.310 e. The summed E-state index contributed by atoms with van der Waals surface area (Å²) < 4.78 is 0. The highest BCUT2D eigenvalue weighted by molar-refractivity contribution is 6.37. The Morgan fingerprint density at radius 1 is 0.340 bits per heavy atom. The van der Waals surface area contributed by atoms with Crippen LogP contribution in [0.25, 0.3) is 75.8 Å². The second-order valence-electron chi connectivity index (χ2n) is 14.5. The van der Waals surface area contributed by atoms with Crippen LogP contribution in [0, 0.1) is 0 Å². The van der Waals surface area contributed by atoms with Crippen molar-refractivity contribution in [2.75, 3.05) is 4.90 Å². The molecule has 0 spiro atoms. The standard InChI is InChI=1S/C49H33N/c1-49(2)43-20-7-6-16-37(43)38-26-25-35(29-44(38)49)50(34-14-4-3-5-15-34)36-27-33-24-23-32-12-9-18-40-39-17-8-11-30-21-22-31-13-10-19-41(47(31)45(30)39)42(28-36)48(33)46(32)40/h3-29H,1-2H3. The van der Waals surface area contributed by atoms with Crippen molar-refractivity contribution in [1.29, 1.82) is 0 Å². The van der Waals surface area contributed by atoms with E-state index in [2.05, 4.69) is 183 Å². The molecule has 0 unspecified atom stereocenters. The van der Waals surface area contributed by atoms with Gasteiger partial charge in [0.05, 0.1) is 0 Å². The number of rotatable bonds is 3. The highest BCUT2D eigenvalue weighted by Crippen LogP contribution is 2.51. The number of fused-ring (bicyclic) bond motifs is 5. The molecule has 0 radical (unpaired) electrons. The molecule has 50 heavy (non-hydrogen) atoms. The van der Waals surface area contributed by atoms with Gasteiger partial charge in [0.15, 0.2) is 0 Å². The summed E-state index contributed by atoms with van der Waals surface area (Å²) in [5.41, 5.74) is 8.82. The molecule has 234 valence electrons. The molecule has 1 nitrogen and oxygen atoms in total. The Hall–Kier alpha value is -6.18. The maximum absolute atomic E-state index is 2.46. The lowest BCUT2D eigenvalue weighted by Gasteiger charge is -2.29. The van der Waals surface area contributed by atoms with Crippen molar-refractivity contribution >= 4 is 81.7 Å². The molecule has 0 aliphatic heterocycles. The van der Waals surface area contributed by atoms with Gasteiger partial charge < -0.3 is 4.90 Å². The van der Waals surface area contributed by atoms with E-state index < -0.39 is 0 Å². The van der Waals surface area contributed by atoms with Crippen LogP contribution in [0.15, 0.2) is 164 Å². The van der Waals surface area contributed by atoms with Crippen LogP contribution in [0.5, 0.6) is 0 Å². The van der Waals surface area contributed by atoms with Crippen LogP contribution in [0.2, 0.25) is 0 Å². The second-order valence-corrected chi connectivity index (χ2v) is 14.5. The van der Waals surface area contributed by atoms with Gasteiger partial charge in [0, 0.05) is 22.5 Å². The minimum atomic E-state index is -0.0904. The summed E-state index contributed by atoms with van der Waals surface area (Å²) in [6.45, 7) is 4.73. The van der Waals surface area contributed by atoms with Crippen molar-refractivity contribution in [3.8, 4) is 11.1 Å². The summed E-state index contributed by atoms with van der Waals surface area (Å²) >= 11 is 0. The Morgan fingerprint density at radius 2 is 0.880 bits per heavy atom. The van der Waals surface area contributed by atoms with E-state index in [4.69, 9.17) is 0 Å². The zero-order valence-corrected chi connectivity index (χ0v) is 28.0. The van der Waals surface area contributed by atoms with Crippen LogP contribution in [0.4, 0.5) is 17.1 Å². The normalized spacial score (nSPS) is 13.6. The van der Waals surface area contributed by atoms with E-state index >= 15 is 0 Å². The van der Waals surface area contributed by atoms with Gasteiger partial charge in [-0.2, -0.15) is 0 Å². The van der Waals surface area contributed by atoms with Gasteiger partial charge in [-0.3, -0.25) is 0 Å². The molecule has 0 aromatic heterocycles. The molecule has 1 heteroatoms. The van der Waals surface area contributed by atoms with Crippen molar-refractivity contribution < 1.29 is 0 Å². The molecule has 1 aliphatic carbocycles. The highest BCUT2D eigenvalue weighted by atomic mass is 15.1. The summed E-state index contributed by atoms with van der Waals surface area (Å²) in [6, 6.07) is 61.4. The zero-order valence-electron chi connectivity index (χ0n) is 28.0. The number of para-hydroxylation sites is 1. The number of anilines is 3. The van der Waals surface area contributed by atoms with E-state index in [1.807, 2.05) is 0 Å².